The Balaban J connectivity index is 2.19. The van der Waals surface area contributed by atoms with Crippen molar-refractivity contribution in [2.45, 2.75) is 11.7 Å². The fourth-order valence-corrected chi connectivity index (χ4v) is 3.53. The second kappa shape index (κ2) is 7.39. The molecule has 0 atom stereocenters. The molecule has 3 rings (SSSR count). The van der Waals surface area contributed by atoms with Crippen molar-refractivity contribution in [3.63, 3.8) is 0 Å². The van der Waals surface area contributed by atoms with Gasteiger partial charge < -0.3 is 9.88 Å². The van der Waals surface area contributed by atoms with Crippen LogP contribution in [0.1, 0.15) is 5.56 Å². The van der Waals surface area contributed by atoms with Gasteiger partial charge in [0.15, 0.2) is 16.3 Å². The zero-order valence-electron chi connectivity index (χ0n) is 15.0. The summed E-state index contributed by atoms with van der Waals surface area (Å²) >= 11 is 1.16. The number of nitrogens with one attached hydrogen (secondary N) is 1. The summed E-state index contributed by atoms with van der Waals surface area (Å²) in [6, 6.07) is 5.89. The first-order chi connectivity index (χ1) is 12.8. The van der Waals surface area contributed by atoms with Crippen LogP contribution in [0.25, 0.3) is 11.2 Å². The second-order valence-electron chi connectivity index (χ2n) is 5.95. The number of thioether (sulfide) groups is 1. The molecule has 1 aromatic carbocycles. The normalized spacial score (nSPS) is 11.1. The standard InChI is InChI=1S/C17H18FN5O3S/c1-19-12(24)9-27-16-20-14-13(15(25)22(3)17(26)21(14)2)23(16)8-10-4-6-11(18)7-5-10/h4-7H,8-9H2,1-3H3,(H,19,24). The molecule has 0 unspecified atom stereocenters. The highest BCUT2D eigenvalue weighted by atomic mass is 32.2. The van der Waals surface area contributed by atoms with Crippen LogP contribution in [0.5, 0.6) is 0 Å². The van der Waals surface area contributed by atoms with Gasteiger partial charge in [0.2, 0.25) is 5.91 Å². The fourth-order valence-electron chi connectivity index (χ4n) is 2.66. The third-order valence-corrected chi connectivity index (χ3v) is 5.15. The monoisotopic (exact) mass is 391 g/mol. The smallest absolute Gasteiger partial charge is 0.332 e. The molecular weight excluding hydrogens is 373 g/mol. The van der Waals surface area contributed by atoms with Crippen molar-refractivity contribution in [1.29, 1.82) is 0 Å². The van der Waals surface area contributed by atoms with Gasteiger partial charge in [-0.3, -0.25) is 18.7 Å². The van der Waals surface area contributed by atoms with E-state index in [1.807, 2.05) is 0 Å². The number of fused-ring (bicyclic) bond motifs is 1. The van der Waals surface area contributed by atoms with Crippen LogP contribution < -0.4 is 16.6 Å². The Bertz CT molecular complexity index is 1130. The van der Waals surface area contributed by atoms with Gasteiger partial charge in [-0.15, -0.1) is 0 Å². The average molecular weight is 391 g/mol. The minimum atomic E-state index is -0.484. The molecule has 3 aromatic rings. The number of benzene rings is 1. The highest BCUT2D eigenvalue weighted by Gasteiger charge is 2.20. The maximum Gasteiger partial charge on any atom is 0.332 e. The van der Waals surface area contributed by atoms with Crippen molar-refractivity contribution in [2.75, 3.05) is 12.8 Å². The van der Waals surface area contributed by atoms with Crippen molar-refractivity contribution in [2.24, 2.45) is 14.1 Å². The summed E-state index contributed by atoms with van der Waals surface area (Å²) in [5.74, 6) is -0.443. The lowest BCUT2D eigenvalue weighted by Gasteiger charge is -2.09. The molecule has 2 aromatic heterocycles. The van der Waals surface area contributed by atoms with Crippen molar-refractivity contribution >= 4 is 28.8 Å². The molecule has 1 amide bonds. The number of hydrogen-bond donors (Lipinski definition) is 1. The third kappa shape index (κ3) is 3.52. The SMILES string of the molecule is CNC(=O)CSc1nc2c(c(=O)n(C)c(=O)n2C)n1Cc1ccc(F)cc1. The molecule has 27 heavy (non-hydrogen) atoms. The summed E-state index contributed by atoms with van der Waals surface area (Å²) < 4.78 is 17.2. The summed E-state index contributed by atoms with van der Waals surface area (Å²) in [6.45, 7) is 0.250. The molecule has 0 aliphatic carbocycles. The Morgan fingerprint density at radius 2 is 1.85 bits per heavy atom. The number of imidazole rings is 1. The number of carbonyl (C=O) groups excluding carboxylic acids is 1. The van der Waals surface area contributed by atoms with Crippen LogP contribution in [0.4, 0.5) is 4.39 Å². The molecule has 0 radical (unpaired) electrons. The summed E-state index contributed by atoms with van der Waals surface area (Å²) in [6.07, 6.45) is 0. The quantitative estimate of drug-likeness (QED) is 0.638. The number of aryl methyl sites for hydroxylation is 1. The maximum absolute atomic E-state index is 13.2. The van der Waals surface area contributed by atoms with E-state index >= 15 is 0 Å². The molecule has 0 bridgehead atoms. The number of rotatable bonds is 5. The van der Waals surface area contributed by atoms with Crippen LogP contribution in [-0.2, 0) is 25.4 Å². The van der Waals surface area contributed by atoms with E-state index in [1.165, 1.54) is 37.8 Å². The molecule has 0 saturated carbocycles. The zero-order valence-corrected chi connectivity index (χ0v) is 15.8. The lowest BCUT2D eigenvalue weighted by atomic mass is 10.2. The van der Waals surface area contributed by atoms with Gasteiger partial charge in [0.25, 0.3) is 5.56 Å². The minimum absolute atomic E-state index is 0.109. The van der Waals surface area contributed by atoms with Gasteiger partial charge in [-0.25, -0.2) is 14.2 Å². The molecule has 8 nitrogen and oxygen atoms in total. The fraction of sp³-hybridized carbons (Fsp3) is 0.294. The van der Waals surface area contributed by atoms with E-state index in [4.69, 9.17) is 0 Å². The predicted octanol–water partition coefficient (Wildman–Crippen LogP) is 0.459. The lowest BCUT2D eigenvalue weighted by Crippen LogP contribution is -2.37. The van der Waals surface area contributed by atoms with E-state index in [9.17, 15) is 18.8 Å². The van der Waals surface area contributed by atoms with E-state index in [-0.39, 0.29) is 35.2 Å². The molecule has 2 heterocycles. The summed E-state index contributed by atoms with van der Waals surface area (Å²) in [4.78, 5) is 40.9. The minimum Gasteiger partial charge on any atom is -0.358 e. The molecule has 0 saturated heterocycles. The van der Waals surface area contributed by atoms with Crippen LogP contribution >= 0.6 is 11.8 Å². The number of halogens is 1. The van der Waals surface area contributed by atoms with Gasteiger partial charge in [-0.05, 0) is 17.7 Å². The largest absolute Gasteiger partial charge is 0.358 e. The van der Waals surface area contributed by atoms with E-state index in [1.54, 1.807) is 16.7 Å². The van der Waals surface area contributed by atoms with E-state index in [0.717, 1.165) is 21.9 Å². The topological polar surface area (TPSA) is 90.9 Å². The lowest BCUT2D eigenvalue weighted by molar-refractivity contribution is -0.118. The van der Waals surface area contributed by atoms with Crippen molar-refractivity contribution in [3.05, 3.63) is 56.5 Å². The van der Waals surface area contributed by atoms with Crippen LogP contribution in [0, 0.1) is 5.82 Å². The van der Waals surface area contributed by atoms with Crippen molar-refractivity contribution < 1.29 is 9.18 Å². The van der Waals surface area contributed by atoms with Crippen LogP contribution in [0.15, 0.2) is 39.0 Å². The average Bonchev–Trinajstić information content (AvgIpc) is 3.02. The molecular formula is C17H18FN5O3S. The van der Waals surface area contributed by atoms with Crippen LogP contribution in [0.3, 0.4) is 0 Å². The molecule has 0 aliphatic rings. The molecule has 10 heteroatoms. The van der Waals surface area contributed by atoms with Gasteiger partial charge >= 0.3 is 5.69 Å². The highest BCUT2D eigenvalue weighted by molar-refractivity contribution is 7.99. The van der Waals surface area contributed by atoms with Gasteiger partial charge in [-0.1, -0.05) is 23.9 Å². The number of carbonyl (C=O) groups is 1. The second-order valence-corrected chi connectivity index (χ2v) is 6.89. The number of amides is 1. The molecule has 0 aliphatic heterocycles. The van der Waals surface area contributed by atoms with E-state index in [2.05, 4.69) is 10.3 Å². The predicted molar refractivity (Wildman–Crippen MR) is 101 cm³/mol. The highest BCUT2D eigenvalue weighted by Crippen LogP contribution is 2.23. The first-order valence-corrected chi connectivity index (χ1v) is 9.06. The van der Waals surface area contributed by atoms with Crippen molar-refractivity contribution in [1.82, 2.24) is 24.0 Å². The Hall–Kier alpha value is -2.88. The summed E-state index contributed by atoms with van der Waals surface area (Å²) in [7, 11) is 4.47. The van der Waals surface area contributed by atoms with E-state index < -0.39 is 11.2 Å². The summed E-state index contributed by atoms with van der Waals surface area (Å²) in [5.41, 5.74) is 0.289. The number of nitrogens with zero attached hydrogens (tertiary/aromatic N) is 4. The Kier molecular flexibility index (Phi) is 5.17. The van der Waals surface area contributed by atoms with Gasteiger partial charge in [0.05, 0.1) is 12.3 Å². The van der Waals surface area contributed by atoms with E-state index in [0.29, 0.717) is 5.16 Å². The van der Waals surface area contributed by atoms with Gasteiger partial charge in [0.1, 0.15) is 5.82 Å². The molecule has 0 spiro atoms. The third-order valence-electron chi connectivity index (χ3n) is 4.18. The number of hydrogen-bond acceptors (Lipinski definition) is 5. The first kappa shape index (κ1) is 18.9. The molecule has 0 fully saturated rings. The van der Waals surface area contributed by atoms with Gasteiger partial charge in [-0.2, -0.15) is 0 Å². The Morgan fingerprint density at radius 1 is 1.19 bits per heavy atom. The van der Waals surface area contributed by atoms with Gasteiger partial charge in [0, 0.05) is 21.1 Å². The Morgan fingerprint density at radius 3 is 2.48 bits per heavy atom. The van der Waals surface area contributed by atoms with Crippen molar-refractivity contribution in [3.8, 4) is 0 Å². The van der Waals surface area contributed by atoms with Crippen LogP contribution in [0.2, 0.25) is 0 Å². The summed E-state index contributed by atoms with van der Waals surface area (Å²) in [5, 5.41) is 2.95. The zero-order chi connectivity index (χ0) is 19.7. The first-order valence-electron chi connectivity index (χ1n) is 8.07. The Labute approximate surface area is 157 Å². The molecule has 1 N–H and O–H groups in total. The maximum atomic E-state index is 13.2. The number of aromatic nitrogens is 4. The molecule has 142 valence electrons. The van der Waals surface area contributed by atoms with Crippen LogP contribution in [-0.4, -0.2) is 37.4 Å².